The average Bonchev–Trinajstić information content (AvgIpc) is 2.94. The van der Waals surface area contributed by atoms with Gasteiger partial charge in [-0.2, -0.15) is 0 Å². The van der Waals surface area contributed by atoms with Crippen molar-refractivity contribution in [3.63, 3.8) is 0 Å². The number of aryl methyl sites for hydroxylation is 1. The van der Waals surface area contributed by atoms with Crippen molar-refractivity contribution in [2.45, 2.75) is 26.9 Å². The van der Waals surface area contributed by atoms with E-state index in [-0.39, 0.29) is 0 Å². The van der Waals surface area contributed by atoms with E-state index in [4.69, 9.17) is 4.74 Å². The molecule has 1 aromatic carbocycles. The van der Waals surface area contributed by atoms with E-state index in [2.05, 4.69) is 40.1 Å². The highest BCUT2D eigenvalue weighted by atomic mass is 32.1. The minimum absolute atomic E-state index is 0.668. The van der Waals surface area contributed by atoms with E-state index in [1.807, 2.05) is 25.1 Å². The van der Waals surface area contributed by atoms with Crippen LogP contribution >= 0.6 is 11.3 Å². The Kier molecular flexibility index (Phi) is 6.27. The SMILES string of the molecule is CCOc1ccccc1CNC(=NC)NCc1sccc1C. The van der Waals surface area contributed by atoms with Crippen LogP contribution in [0.2, 0.25) is 0 Å². The second-order valence-corrected chi connectivity index (χ2v) is 5.85. The summed E-state index contributed by atoms with van der Waals surface area (Å²) < 4.78 is 5.64. The fraction of sp³-hybridized carbons (Fsp3) is 0.353. The number of thiophene rings is 1. The summed E-state index contributed by atoms with van der Waals surface area (Å²) in [5.41, 5.74) is 2.44. The molecule has 1 heterocycles. The van der Waals surface area contributed by atoms with Gasteiger partial charge in [-0.1, -0.05) is 18.2 Å². The smallest absolute Gasteiger partial charge is 0.191 e. The van der Waals surface area contributed by atoms with E-state index in [1.165, 1.54) is 10.4 Å². The lowest BCUT2D eigenvalue weighted by atomic mass is 10.2. The van der Waals surface area contributed by atoms with Crippen molar-refractivity contribution < 1.29 is 4.74 Å². The zero-order valence-electron chi connectivity index (χ0n) is 13.3. The van der Waals surface area contributed by atoms with Gasteiger partial charge in [0.1, 0.15) is 5.75 Å². The van der Waals surface area contributed by atoms with Gasteiger partial charge in [-0.15, -0.1) is 11.3 Å². The zero-order chi connectivity index (χ0) is 15.8. The molecule has 0 saturated carbocycles. The van der Waals surface area contributed by atoms with E-state index in [1.54, 1.807) is 18.4 Å². The number of aliphatic imine (C=N–C) groups is 1. The number of nitrogens with zero attached hydrogens (tertiary/aromatic N) is 1. The molecule has 0 amide bonds. The standard InChI is InChI=1S/C17H23N3OS/c1-4-21-15-8-6-5-7-14(15)11-19-17(18-3)20-12-16-13(2)9-10-22-16/h5-10H,4,11-12H2,1-3H3,(H2,18,19,20). The summed E-state index contributed by atoms with van der Waals surface area (Å²) in [5, 5.41) is 8.78. The molecule has 0 aliphatic rings. The van der Waals surface area contributed by atoms with Crippen LogP contribution in [0.1, 0.15) is 22.9 Å². The Bertz CT molecular complexity index is 622. The quantitative estimate of drug-likeness (QED) is 0.634. The number of nitrogens with one attached hydrogen (secondary N) is 2. The fourth-order valence-corrected chi connectivity index (χ4v) is 2.94. The maximum Gasteiger partial charge on any atom is 0.191 e. The van der Waals surface area contributed by atoms with E-state index >= 15 is 0 Å². The van der Waals surface area contributed by atoms with Crippen LogP contribution < -0.4 is 15.4 Å². The van der Waals surface area contributed by atoms with Crippen LogP contribution in [0.3, 0.4) is 0 Å². The molecule has 0 atom stereocenters. The number of rotatable bonds is 6. The molecule has 1 aromatic heterocycles. The van der Waals surface area contributed by atoms with Gasteiger partial charge in [0.05, 0.1) is 13.2 Å². The lowest BCUT2D eigenvalue weighted by molar-refractivity contribution is 0.336. The van der Waals surface area contributed by atoms with Gasteiger partial charge in [0.2, 0.25) is 0 Å². The van der Waals surface area contributed by atoms with Crippen LogP contribution in [0.25, 0.3) is 0 Å². The van der Waals surface area contributed by atoms with Gasteiger partial charge < -0.3 is 15.4 Å². The first-order valence-electron chi connectivity index (χ1n) is 7.42. The maximum atomic E-state index is 5.64. The van der Waals surface area contributed by atoms with Crippen LogP contribution in [0.5, 0.6) is 5.75 Å². The monoisotopic (exact) mass is 317 g/mol. The van der Waals surface area contributed by atoms with Gasteiger partial charge in [-0.05, 0) is 36.9 Å². The summed E-state index contributed by atoms with van der Waals surface area (Å²) >= 11 is 1.76. The lowest BCUT2D eigenvalue weighted by Crippen LogP contribution is -2.36. The highest BCUT2D eigenvalue weighted by molar-refractivity contribution is 7.10. The van der Waals surface area contributed by atoms with Crippen molar-refractivity contribution in [2.75, 3.05) is 13.7 Å². The second-order valence-electron chi connectivity index (χ2n) is 4.85. The Morgan fingerprint density at radius 3 is 2.64 bits per heavy atom. The first kappa shape index (κ1) is 16.4. The minimum Gasteiger partial charge on any atom is -0.494 e. The van der Waals surface area contributed by atoms with Gasteiger partial charge in [0.15, 0.2) is 5.96 Å². The van der Waals surface area contributed by atoms with Crippen molar-refractivity contribution in [2.24, 2.45) is 4.99 Å². The van der Waals surface area contributed by atoms with Crippen LogP contribution in [-0.2, 0) is 13.1 Å². The number of ether oxygens (including phenoxy) is 1. The van der Waals surface area contributed by atoms with Crippen LogP contribution in [0.4, 0.5) is 0 Å². The number of para-hydroxylation sites is 1. The number of hydrogen-bond acceptors (Lipinski definition) is 3. The molecule has 5 heteroatoms. The first-order valence-corrected chi connectivity index (χ1v) is 8.30. The second kappa shape index (κ2) is 8.44. The molecule has 0 saturated heterocycles. The zero-order valence-corrected chi connectivity index (χ0v) is 14.2. The molecule has 2 rings (SSSR count). The lowest BCUT2D eigenvalue weighted by Gasteiger charge is -2.14. The van der Waals surface area contributed by atoms with Gasteiger partial charge in [-0.25, -0.2) is 0 Å². The Hall–Kier alpha value is -2.01. The van der Waals surface area contributed by atoms with Crippen molar-refractivity contribution in [1.82, 2.24) is 10.6 Å². The molecule has 0 aliphatic carbocycles. The van der Waals surface area contributed by atoms with Crippen molar-refractivity contribution in [3.8, 4) is 5.75 Å². The predicted octanol–water partition coefficient (Wildman–Crippen LogP) is 3.32. The van der Waals surface area contributed by atoms with Crippen molar-refractivity contribution >= 4 is 17.3 Å². The molecule has 0 spiro atoms. The molecule has 0 unspecified atom stereocenters. The minimum atomic E-state index is 0.668. The third-order valence-electron chi connectivity index (χ3n) is 3.33. The Morgan fingerprint density at radius 1 is 1.18 bits per heavy atom. The van der Waals surface area contributed by atoms with Gasteiger partial charge in [0, 0.05) is 24.0 Å². The summed E-state index contributed by atoms with van der Waals surface area (Å²) in [6.45, 7) is 6.26. The molecule has 0 aliphatic heterocycles. The largest absolute Gasteiger partial charge is 0.494 e. The van der Waals surface area contributed by atoms with E-state index in [0.717, 1.165) is 23.8 Å². The first-order chi connectivity index (χ1) is 10.7. The Balaban J connectivity index is 1.90. The Morgan fingerprint density at radius 2 is 1.95 bits per heavy atom. The normalized spacial score (nSPS) is 11.3. The van der Waals surface area contributed by atoms with E-state index in [0.29, 0.717) is 13.2 Å². The molecular formula is C17H23N3OS. The van der Waals surface area contributed by atoms with Crippen LogP contribution in [0, 0.1) is 6.92 Å². The van der Waals surface area contributed by atoms with Gasteiger partial charge in [0.25, 0.3) is 0 Å². The molecule has 0 radical (unpaired) electrons. The van der Waals surface area contributed by atoms with Crippen molar-refractivity contribution in [1.29, 1.82) is 0 Å². The average molecular weight is 317 g/mol. The molecule has 22 heavy (non-hydrogen) atoms. The summed E-state index contributed by atoms with van der Waals surface area (Å²) in [7, 11) is 1.78. The molecule has 2 aromatic rings. The molecule has 2 N–H and O–H groups in total. The summed E-state index contributed by atoms with van der Waals surface area (Å²) in [5.74, 6) is 1.71. The van der Waals surface area contributed by atoms with E-state index < -0.39 is 0 Å². The van der Waals surface area contributed by atoms with Gasteiger partial charge in [-0.3, -0.25) is 4.99 Å². The Labute approximate surface area is 136 Å². The molecule has 0 fully saturated rings. The summed E-state index contributed by atoms with van der Waals surface area (Å²) in [6, 6.07) is 10.2. The molecule has 118 valence electrons. The fourth-order valence-electron chi connectivity index (χ4n) is 2.09. The summed E-state index contributed by atoms with van der Waals surface area (Å²) in [4.78, 5) is 5.60. The highest BCUT2D eigenvalue weighted by Gasteiger charge is 2.05. The highest BCUT2D eigenvalue weighted by Crippen LogP contribution is 2.17. The number of hydrogen-bond donors (Lipinski definition) is 2. The molecule has 0 bridgehead atoms. The van der Waals surface area contributed by atoms with E-state index in [9.17, 15) is 0 Å². The molecule has 4 nitrogen and oxygen atoms in total. The summed E-state index contributed by atoms with van der Waals surface area (Å²) in [6.07, 6.45) is 0. The number of guanidine groups is 1. The topological polar surface area (TPSA) is 45.6 Å². The van der Waals surface area contributed by atoms with Gasteiger partial charge >= 0.3 is 0 Å². The van der Waals surface area contributed by atoms with Crippen molar-refractivity contribution in [3.05, 3.63) is 51.7 Å². The number of benzene rings is 1. The third-order valence-corrected chi connectivity index (χ3v) is 4.35. The van der Waals surface area contributed by atoms with Crippen LogP contribution in [-0.4, -0.2) is 19.6 Å². The maximum absolute atomic E-state index is 5.64. The third kappa shape index (κ3) is 4.49. The van der Waals surface area contributed by atoms with Crippen LogP contribution in [0.15, 0.2) is 40.7 Å². The predicted molar refractivity (Wildman–Crippen MR) is 93.7 cm³/mol. The molecular weight excluding hydrogens is 294 g/mol.